The number of pyridine rings is 1. The molecule has 2 nitrogen and oxygen atoms in total. The maximum Gasteiger partial charge on any atom is 0.0343 e. The summed E-state index contributed by atoms with van der Waals surface area (Å²) in [4.78, 5) is 4.26. The van der Waals surface area contributed by atoms with Gasteiger partial charge in [-0.15, -0.1) is 0 Å². The first-order valence-corrected chi connectivity index (χ1v) is 5.69. The number of hydrogen-bond donors (Lipinski definition) is 1. The second-order valence-electron chi connectivity index (χ2n) is 4.68. The van der Waals surface area contributed by atoms with Gasteiger partial charge in [0.2, 0.25) is 0 Å². The van der Waals surface area contributed by atoms with Crippen LogP contribution in [0.15, 0.2) is 24.5 Å². The van der Waals surface area contributed by atoms with Crippen molar-refractivity contribution in [2.24, 2.45) is 5.92 Å². The maximum atomic E-state index is 4.26. The van der Waals surface area contributed by atoms with Crippen molar-refractivity contribution < 1.29 is 0 Å². The summed E-state index contributed by atoms with van der Waals surface area (Å²) in [5.41, 5.74) is 4.04. The molecule has 1 saturated heterocycles. The zero-order chi connectivity index (χ0) is 10.3. The molecule has 2 aliphatic rings. The lowest BCUT2D eigenvalue weighted by Crippen LogP contribution is -2.20. The number of nitrogens with one attached hydrogen (secondary N) is 1. The van der Waals surface area contributed by atoms with Gasteiger partial charge in [0.1, 0.15) is 0 Å². The summed E-state index contributed by atoms with van der Waals surface area (Å²) in [5.74, 6) is 0.834. The summed E-state index contributed by atoms with van der Waals surface area (Å²) in [6.45, 7) is 3.29. The molecule has 1 fully saturated rings. The molecule has 0 bridgehead atoms. The zero-order valence-electron chi connectivity index (χ0n) is 9.03. The van der Waals surface area contributed by atoms with Crippen LogP contribution in [-0.4, -0.2) is 17.6 Å². The number of aryl methyl sites for hydroxylation is 1. The van der Waals surface area contributed by atoms with Crippen molar-refractivity contribution in [2.45, 2.75) is 25.8 Å². The van der Waals surface area contributed by atoms with Crippen LogP contribution in [0.2, 0.25) is 0 Å². The highest BCUT2D eigenvalue weighted by molar-refractivity contribution is 5.68. The number of allylic oxidation sites excluding steroid dienone is 1. The SMILES string of the molecule is Cc1cncc(C2=C[C@@H]3NCC[C@@H]3C2)c1. The lowest BCUT2D eigenvalue weighted by molar-refractivity contribution is 0.553. The van der Waals surface area contributed by atoms with E-state index in [1.54, 1.807) is 0 Å². The van der Waals surface area contributed by atoms with Gasteiger partial charge >= 0.3 is 0 Å². The van der Waals surface area contributed by atoms with E-state index in [1.165, 1.54) is 36.1 Å². The number of hydrogen-bond acceptors (Lipinski definition) is 2. The summed E-state index contributed by atoms with van der Waals surface area (Å²) < 4.78 is 0. The monoisotopic (exact) mass is 200 g/mol. The molecule has 1 aromatic rings. The van der Waals surface area contributed by atoms with Crippen molar-refractivity contribution in [1.29, 1.82) is 0 Å². The predicted molar refractivity (Wildman–Crippen MR) is 61.5 cm³/mol. The first kappa shape index (κ1) is 9.10. The van der Waals surface area contributed by atoms with Crippen LogP contribution >= 0.6 is 0 Å². The molecular weight excluding hydrogens is 184 g/mol. The summed E-state index contributed by atoms with van der Waals surface area (Å²) in [6.07, 6.45) is 8.85. The number of aromatic nitrogens is 1. The highest BCUT2D eigenvalue weighted by Crippen LogP contribution is 2.36. The van der Waals surface area contributed by atoms with Crippen LogP contribution in [0.3, 0.4) is 0 Å². The van der Waals surface area contributed by atoms with Gasteiger partial charge in [0.05, 0.1) is 0 Å². The lowest BCUT2D eigenvalue weighted by Gasteiger charge is -2.06. The molecule has 1 aromatic heterocycles. The first-order valence-electron chi connectivity index (χ1n) is 5.69. The Labute approximate surface area is 90.4 Å². The van der Waals surface area contributed by atoms with Crippen molar-refractivity contribution in [3.05, 3.63) is 35.7 Å². The van der Waals surface area contributed by atoms with E-state index in [1.807, 2.05) is 12.4 Å². The zero-order valence-corrected chi connectivity index (χ0v) is 9.03. The molecule has 0 aromatic carbocycles. The Balaban J connectivity index is 1.90. The molecule has 2 heterocycles. The molecule has 78 valence electrons. The van der Waals surface area contributed by atoms with Crippen LogP contribution in [-0.2, 0) is 0 Å². The molecule has 0 saturated carbocycles. The maximum absolute atomic E-state index is 4.26. The van der Waals surface area contributed by atoms with E-state index in [0.717, 1.165) is 5.92 Å². The van der Waals surface area contributed by atoms with Gasteiger partial charge in [-0.3, -0.25) is 4.98 Å². The Morgan fingerprint density at radius 3 is 3.13 bits per heavy atom. The molecule has 2 atom stereocenters. The highest BCUT2D eigenvalue weighted by Gasteiger charge is 2.31. The Hall–Kier alpha value is -1.15. The van der Waals surface area contributed by atoms with E-state index in [-0.39, 0.29) is 0 Å². The minimum absolute atomic E-state index is 0.625. The largest absolute Gasteiger partial charge is 0.310 e. The fourth-order valence-electron chi connectivity index (χ4n) is 2.72. The van der Waals surface area contributed by atoms with Crippen molar-refractivity contribution in [3.8, 4) is 0 Å². The normalized spacial score (nSPS) is 29.0. The third kappa shape index (κ3) is 1.59. The highest BCUT2D eigenvalue weighted by atomic mass is 15.0. The molecule has 15 heavy (non-hydrogen) atoms. The predicted octanol–water partition coefficient (Wildman–Crippen LogP) is 2.16. The van der Waals surface area contributed by atoms with Gasteiger partial charge in [-0.2, -0.15) is 0 Å². The van der Waals surface area contributed by atoms with Gasteiger partial charge in [-0.05, 0) is 55.0 Å². The molecule has 1 aliphatic carbocycles. The molecule has 0 amide bonds. The van der Waals surface area contributed by atoms with Crippen LogP contribution in [0.25, 0.3) is 5.57 Å². The van der Waals surface area contributed by atoms with E-state index in [0.29, 0.717) is 6.04 Å². The number of rotatable bonds is 1. The Kier molecular flexibility index (Phi) is 2.10. The van der Waals surface area contributed by atoms with Gasteiger partial charge in [0.25, 0.3) is 0 Å². The van der Waals surface area contributed by atoms with Crippen LogP contribution in [0.4, 0.5) is 0 Å². The molecular formula is C13H16N2. The van der Waals surface area contributed by atoms with Crippen molar-refractivity contribution in [2.75, 3.05) is 6.54 Å². The van der Waals surface area contributed by atoms with E-state index >= 15 is 0 Å². The van der Waals surface area contributed by atoms with Crippen LogP contribution in [0, 0.1) is 12.8 Å². The second-order valence-corrected chi connectivity index (χ2v) is 4.68. The molecule has 3 rings (SSSR count). The minimum Gasteiger partial charge on any atom is -0.310 e. The first-order chi connectivity index (χ1) is 7.33. The smallest absolute Gasteiger partial charge is 0.0343 e. The third-order valence-corrected chi connectivity index (χ3v) is 3.51. The Bertz CT molecular complexity index is 409. The van der Waals surface area contributed by atoms with E-state index in [9.17, 15) is 0 Å². The standard InChI is InChI=1S/C13H16N2/c1-9-4-12(8-14-7-9)11-5-10-2-3-15-13(10)6-11/h4,6-8,10,13,15H,2-3,5H2,1H3/t10-,13+/m1/s1. The lowest BCUT2D eigenvalue weighted by atomic mass is 9.99. The summed E-state index contributed by atoms with van der Waals surface area (Å²) in [5, 5.41) is 3.54. The second kappa shape index (κ2) is 3.46. The van der Waals surface area contributed by atoms with Crippen molar-refractivity contribution in [1.82, 2.24) is 10.3 Å². The van der Waals surface area contributed by atoms with Gasteiger partial charge in [-0.1, -0.05) is 6.08 Å². The van der Waals surface area contributed by atoms with Gasteiger partial charge < -0.3 is 5.32 Å². The topological polar surface area (TPSA) is 24.9 Å². The molecule has 0 spiro atoms. The van der Waals surface area contributed by atoms with Gasteiger partial charge in [0, 0.05) is 18.4 Å². The fraction of sp³-hybridized carbons (Fsp3) is 0.462. The third-order valence-electron chi connectivity index (χ3n) is 3.51. The average Bonchev–Trinajstić information content (AvgIpc) is 2.76. The molecule has 0 unspecified atom stereocenters. The number of nitrogens with zero attached hydrogens (tertiary/aromatic N) is 1. The quantitative estimate of drug-likeness (QED) is 0.751. The van der Waals surface area contributed by atoms with Gasteiger partial charge in [0.15, 0.2) is 0 Å². The fourth-order valence-corrected chi connectivity index (χ4v) is 2.72. The van der Waals surface area contributed by atoms with Crippen LogP contribution < -0.4 is 5.32 Å². The summed E-state index contributed by atoms with van der Waals surface area (Å²) in [7, 11) is 0. The average molecular weight is 200 g/mol. The summed E-state index contributed by atoms with van der Waals surface area (Å²) >= 11 is 0. The number of fused-ring (bicyclic) bond motifs is 1. The van der Waals surface area contributed by atoms with Crippen LogP contribution in [0.1, 0.15) is 24.0 Å². The molecule has 1 aliphatic heterocycles. The summed E-state index contributed by atoms with van der Waals surface area (Å²) in [6, 6.07) is 2.86. The van der Waals surface area contributed by atoms with E-state index in [2.05, 4.69) is 29.4 Å². The minimum atomic E-state index is 0.625. The molecule has 1 N–H and O–H groups in total. The van der Waals surface area contributed by atoms with Crippen molar-refractivity contribution >= 4 is 5.57 Å². The van der Waals surface area contributed by atoms with Gasteiger partial charge in [-0.25, -0.2) is 0 Å². The van der Waals surface area contributed by atoms with Crippen LogP contribution in [0.5, 0.6) is 0 Å². The van der Waals surface area contributed by atoms with E-state index in [4.69, 9.17) is 0 Å². The van der Waals surface area contributed by atoms with E-state index < -0.39 is 0 Å². The van der Waals surface area contributed by atoms with Crippen molar-refractivity contribution in [3.63, 3.8) is 0 Å². The molecule has 2 heteroatoms. The Morgan fingerprint density at radius 2 is 2.33 bits per heavy atom. The Morgan fingerprint density at radius 1 is 1.40 bits per heavy atom. The molecule has 0 radical (unpaired) electrons.